The second kappa shape index (κ2) is 10.2. The summed E-state index contributed by atoms with van der Waals surface area (Å²) in [5.41, 5.74) is 1.13. The minimum Gasteiger partial charge on any atom is -0.464 e. The van der Waals surface area contributed by atoms with Crippen molar-refractivity contribution in [3.8, 4) is 0 Å². The van der Waals surface area contributed by atoms with Crippen LogP contribution in [0, 0.1) is 5.92 Å². The van der Waals surface area contributed by atoms with Gasteiger partial charge < -0.3 is 4.74 Å². The molecule has 3 nitrogen and oxygen atoms in total. The first kappa shape index (κ1) is 20.3. The summed E-state index contributed by atoms with van der Waals surface area (Å²) in [4.78, 5) is 15.3. The van der Waals surface area contributed by atoms with E-state index in [2.05, 4.69) is 24.0 Å². The molecule has 2 aliphatic rings. The first-order valence-electron chi connectivity index (χ1n) is 9.75. The Hall–Kier alpha value is -1.06. The molecule has 0 amide bonds. The summed E-state index contributed by atoms with van der Waals surface area (Å²) in [5.74, 6) is 0.365. The van der Waals surface area contributed by atoms with E-state index in [0.717, 1.165) is 31.5 Å². The van der Waals surface area contributed by atoms with E-state index in [4.69, 9.17) is 4.74 Å². The highest BCUT2D eigenvalue weighted by Gasteiger charge is 2.33. The van der Waals surface area contributed by atoms with Crippen LogP contribution in [0.15, 0.2) is 30.3 Å². The molecule has 2 atom stereocenters. The number of benzene rings is 1. The topological polar surface area (TPSA) is 29.5 Å². The van der Waals surface area contributed by atoms with Gasteiger partial charge in [0.2, 0.25) is 0 Å². The molecule has 1 aliphatic carbocycles. The van der Waals surface area contributed by atoms with Crippen LogP contribution in [0.4, 0.5) is 0 Å². The number of hydrogen-bond donors (Lipinski definition) is 0. The molecule has 1 aromatic carbocycles. The molecule has 1 saturated carbocycles. The SMILES string of the molecule is CCC1CCCN1CCOC(=O)C(c1ccccc1)C1CCCC1.Cl. The molecule has 0 bridgehead atoms. The number of carbonyl (C=O) groups is 1. The van der Waals surface area contributed by atoms with Gasteiger partial charge in [0.05, 0.1) is 5.92 Å². The van der Waals surface area contributed by atoms with Gasteiger partial charge in [-0.2, -0.15) is 0 Å². The Kier molecular flexibility index (Phi) is 8.25. The number of nitrogens with zero attached hydrogens (tertiary/aromatic N) is 1. The Labute approximate surface area is 158 Å². The van der Waals surface area contributed by atoms with Gasteiger partial charge in [-0.15, -0.1) is 12.4 Å². The van der Waals surface area contributed by atoms with E-state index in [1.54, 1.807) is 0 Å². The van der Waals surface area contributed by atoms with Crippen molar-refractivity contribution >= 4 is 18.4 Å². The molecule has 0 aromatic heterocycles. The number of hydrogen-bond acceptors (Lipinski definition) is 3. The van der Waals surface area contributed by atoms with Crippen LogP contribution in [-0.4, -0.2) is 36.6 Å². The summed E-state index contributed by atoms with van der Waals surface area (Å²) < 4.78 is 5.75. The van der Waals surface area contributed by atoms with Crippen LogP contribution in [-0.2, 0) is 9.53 Å². The van der Waals surface area contributed by atoms with E-state index in [0.29, 0.717) is 18.6 Å². The molecule has 0 radical (unpaired) electrons. The van der Waals surface area contributed by atoms with Crippen molar-refractivity contribution < 1.29 is 9.53 Å². The molecule has 0 N–H and O–H groups in total. The van der Waals surface area contributed by atoms with E-state index in [1.165, 1.54) is 32.1 Å². The summed E-state index contributed by atoms with van der Waals surface area (Å²) in [6.07, 6.45) is 8.56. The highest BCUT2D eigenvalue weighted by molar-refractivity contribution is 5.85. The third-order valence-corrected chi connectivity index (χ3v) is 5.88. The maximum Gasteiger partial charge on any atom is 0.313 e. The van der Waals surface area contributed by atoms with E-state index in [-0.39, 0.29) is 24.3 Å². The Balaban J connectivity index is 0.00000225. The van der Waals surface area contributed by atoms with Gasteiger partial charge in [0.1, 0.15) is 6.61 Å². The molecule has 140 valence electrons. The molecule has 3 rings (SSSR count). The lowest BCUT2D eigenvalue weighted by molar-refractivity contribution is -0.147. The van der Waals surface area contributed by atoms with Gasteiger partial charge in [0, 0.05) is 12.6 Å². The molecule has 25 heavy (non-hydrogen) atoms. The van der Waals surface area contributed by atoms with Crippen molar-refractivity contribution in [3.63, 3.8) is 0 Å². The fraction of sp³-hybridized carbons (Fsp3) is 0.667. The maximum atomic E-state index is 12.8. The summed E-state index contributed by atoms with van der Waals surface area (Å²) in [6, 6.07) is 10.9. The third kappa shape index (κ3) is 5.21. The van der Waals surface area contributed by atoms with Crippen LogP contribution < -0.4 is 0 Å². The van der Waals surface area contributed by atoms with Crippen LogP contribution >= 0.6 is 12.4 Å². The monoisotopic (exact) mass is 365 g/mol. The van der Waals surface area contributed by atoms with Crippen molar-refractivity contribution in [2.24, 2.45) is 5.92 Å². The van der Waals surface area contributed by atoms with Gasteiger partial charge >= 0.3 is 5.97 Å². The molecule has 2 unspecified atom stereocenters. The average molecular weight is 366 g/mol. The fourth-order valence-electron chi connectivity index (χ4n) is 4.56. The van der Waals surface area contributed by atoms with E-state index >= 15 is 0 Å². The summed E-state index contributed by atoms with van der Waals surface area (Å²) in [7, 11) is 0. The molecular weight excluding hydrogens is 334 g/mol. The van der Waals surface area contributed by atoms with Gasteiger partial charge in [-0.05, 0) is 50.1 Å². The summed E-state index contributed by atoms with van der Waals surface area (Å²) in [5, 5.41) is 0. The Bertz CT molecular complexity index is 516. The Morgan fingerprint density at radius 3 is 2.56 bits per heavy atom. The molecule has 1 heterocycles. The molecule has 1 aliphatic heterocycles. The zero-order valence-corrected chi connectivity index (χ0v) is 16.2. The van der Waals surface area contributed by atoms with E-state index in [9.17, 15) is 4.79 Å². The minimum absolute atomic E-state index is 0. The lowest BCUT2D eigenvalue weighted by atomic mass is 9.85. The molecule has 2 fully saturated rings. The number of ether oxygens (including phenoxy) is 1. The zero-order chi connectivity index (χ0) is 16.8. The van der Waals surface area contributed by atoms with Gasteiger partial charge in [-0.25, -0.2) is 0 Å². The van der Waals surface area contributed by atoms with Crippen molar-refractivity contribution in [1.82, 2.24) is 4.90 Å². The van der Waals surface area contributed by atoms with Gasteiger partial charge in [-0.3, -0.25) is 9.69 Å². The first-order valence-corrected chi connectivity index (χ1v) is 9.75. The third-order valence-electron chi connectivity index (χ3n) is 5.88. The largest absolute Gasteiger partial charge is 0.464 e. The molecule has 0 spiro atoms. The predicted molar refractivity (Wildman–Crippen MR) is 104 cm³/mol. The van der Waals surface area contributed by atoms with Gasteiger partial charge in [-0.1, -0.05) is 50.1 Å². The second-order valence-corrected chi connectivity index (χ2v) is 7.34. The van der Waals surface area contributed by atoms with Crippen LogP contribution in [0.3, 0.4) is 0 Å². The van der Waals surface area contributed by atoms with Crippen LogP contribution in [0.5, 0.6) is 0 Å². The maximum absolute atomic E-state index is 12.8. The highest BCUT2D eigenvalue weighted by atomic mass is 35.5. The van der Waals surface area contributed by atoms with Gasteiger partial charge in [0.15, 0.2) is 0 Å². The lowest BCUT2D eigenvalue weighted by Gasteiger charge is -2.25. The first-order chi connectivity index (χ1) is 11.8. The number of rotatable bonds is 7. The molecule has 1 saturated heterocycles. The molecular formula is C21H32ClNO2. The average Bonchev–Trinajstić information content (AvgIpc) is 3.28. The van der Waals surface area contributed by atoms with Crippen molar-refractivity contribution in [2.45, 2.75) is 63.8 Å². The second-order valence-electron chi connectivity index (χ2n) is 7.34. The van der Waals surface area contributed by atoms with Crippen LogP contribution in [0.2, 0.25) is 0 Å². The molecule has 1 aromatic rings. The normalized spacial score (nSPS) is 22.5. The summed E-state index contributed by atoms with van der Waals surface area (Å²) in [6.45, 7) is 4.82. The Morgan fingerprint density at radius 2 is 1.88 bits per heavy atom. The smallest absolute Gasteiger partial charge is 0.313 e. The van der Waals surface area contributed by atoms with Crippen LogP contribution in [0.1, 0.15) is 63.4 Å². The quantitative estimate of drug-likeness (QED) is 0.650. The zero-order valence-electron chi connectivity index (χ0n) is 15.4. The number of esters is 1. The van der Waals surface area contributed by atoms with Gasteiger partial charge in [0.25, 0.3) is 0 Å². The number of halogens is 1. The summed E-state index contributed by atoms with van der Waals surface area (Å²) >= 11 is 0. The number of likely N-dealkylation sites (tertiary alicyclic amines) is 1. The standard InChI is InChI=1S/C21H31NO2.ClH/c1-2-19-13-8-14-22(19)15-16-24-21(23)20(18-11-6-7-12-18)17-9-4-3-5-10-17;/h3-5,9-10,18-20H,2,6-8,11-16H2,1H3;1H. The number of carbonyl (C=O) groups excluding carboxylic acids is 1. The van der Waals surface area contributed by atoms with Crippen molar-refractivity contribution in [3.05, 3.63) is 35.9 Å². The molecule has 4 heteroatoms. The lowest BCUT2D eigenvalue weighted by Crippen LogP contribution is -2.33. The Morgan fingerprint density at radius 1 is 1.16 bits per heavy atom. The van der Waals surface area contributed by atoms with Crippen LogP contribution in [0.25, 0.3) is 0 Å². The van der Waals surface area contributed by atoms with Crippen molar-refractivity contribution in [1.29, 1.82) is 0 Å². The highest BCUT2D eigenvalue weighted by Crippen LogP contribution is 2.38. The predicted octanol–water partition coefficient (Wildman–Crippen LogP) is 4.80. The fourth-order valence-corrected chi connectivity index (χ4v) is 4.56. The van der Waals surface area contributed by atoms with E-state index in [1.807, 2.05) is 18.2 Å². The minimum atomic E-state index is -0.0748. The van der Waals surface area contributed by atoms with Crippen molar-refractivity contribution in [2.75, 3.05) is 19.7 Å². The van der Waals surface area contributed by atoms with E-state index < -0.39 is 0 Å².